The van der Waals surface area contributed by atoms with Gasteiger partial charge >= 0.3 is 6.18 Å². The SMILES string of the molecule is [2H]C([2H])([2H])c1nc(-c2ccc(NC(=O)C(O)c3cccc(C(F)(F)F)c3)c(F)c2F)c2c(N)nc(C)cn12. The number of hydrogen-bond acceptors (Lipinski definition) is 5. The second-order valence-corrected chi connectivity index (χ2v) is 7.57. The van der Waals surface area contributed by atoms with Gasteiger partial charge < -0.3 is 16.2 Å². The van der Waals surface area contributed by atoms with Gasteiger partial charge in [-0.2, -0.15) is 13.2 Å². The minimum absolute atomic E-state index is 0.0863. The Hall–Kier alpha value is -4.06. The van der Waals surface area contributed by atoms with Crippen LogP contribution >= 0.6 is 0 Å². The fourth-order valence-corrected chi connectivity index (χ4v) is 3.52. The van der Waals surface area contributed by atoms with Gasteiger partial charge in [-0.15, -0.1) is 0 Å². The number of nitrogens with one attached hydrogen (secondary N) is 1. The summed E-state index contributed by atoms with van der Waals surface area (Å²) in [6.07, 6.45) is -5.54. The van der Waals surface area contributed by atoms with E-state index in [0.29, 0.717) is 11.8 Å². The summed E-state index contributed by atoms with van der Waals surface area (Å²) in [5.74, 6) is -5.11. The van der Waals surface area contributed by atoms with Crippen LogP contribution in [0, 0.1) is 25.4 Å². The van der Waals surface area contributed by atoms with Crippen molar-refractivity contribution in [1.82, 2.24) is 14.4 Å². The average Bonchev–Trinajstić information content (AvgIpc) is 3.21. The van der Waals surface area contributed by atoms with E-state index in [0.717, 1.165) is 34.7 Å². The maximum absolute atomic E-state index is 15.2. The van der Waals surface area contributed by atoms with E-state index in [1.54, 1.807) is 6.92 Å². The molecule has 12 heteroatoms. The first-order chi connectivity index (χ1) is 17.6. The number of carbonyl (C=O) groups is 1. The number of imidazole rings is 1. The van der Waals surface area contributed by atoms with Crippen molar-refractivity contribution in [3.63, 3.8) is 0 Å². The van der Waals surface area contributed by atoms with E-state index in [1.165, 1.54) is 6.20 Å². The zero-order valence-corrected chi connectivity index (χ0v) is 17.8. The topological polar surface area (TPSA) is 106 Å². The van der Waals surface area contributed by atoms with Gasteiger partial charge in [0.05, 0.1) is 16.9 Å². The quantitative estimate of drug-likeness (QED) is 0.361. The molecule has 2 aromatic heterocycles. The molecule has 35 heavy (non-hydrogen) atoms. The number of hydrogen-bond donors (Lipinski definition) is 3. The summed E-state index contributed by atoms with van der Waals surface area (Å²) < 4.78 is 93.3. The van der Waals surface area contributed by atoms with Gasteiger partial charge in [-0.25, -0.2) is 18.7 Å². The highest BCUT2D eigenvalue weighted by atomic mass is 19.4. The molecule has 0 bridgehead atoms. The van der Waals surface area contributed by atoms with Crippen molar-refractivity contribution in [3.8, 4) is 11.3 Å². The van der Waals surface area contributed by atoms with Crippen LogP contribution in [0.4, 0.5) is 33.5 Å². The summed E-state index contributed by atoms with van der Waals surface area (Å²) in [4.78, 5) is 20.4. The van der Waals surface area contributed by atoms with Crippen LogP contribution in [0.5, 0.6) is 0 Å². The molecule has 4 aromatic rings. The van der Waals surface area contributed by atoms with Gasteiger partial charge in [0.25, 0.3) is 5.91 Å². The molecule has 0 radical (unpaired) electrons. The zero-order chi connectivity index (χ0) is 28.2. The molecule has 0 fully saturated rings. The molecule has 7 nitrogen and oxygen atoms in total. The normalized spacial score (nSPS) is 14.3. The predicted molar refractivity (Wildman–Crippen MR) is 117 cm³/mol. The van der Waals surface area contributed by atoms with Crippen molar-refractivity contribution in [2.24, 2.45) is 0 Å². The molecule has 2 heterocycles. The Bertz CT molecular complexity index is 1570. The van der Waals surface area contributed by atoms with Crippen molar-refractivity contribution in [3.05, 3.63) is 76.9 Å². The number of aliphatic hydroxyl groups excluding tert-OH is 1. The number of halogens is 5. The van der Waals surface area contributed by atoms with Gasteiger partial charge in [0.2, 0.25) is 0 Å². The van der Waals surface area contributed by atoms with E-state index in [9.17, 15) is 27.5 Å². The van der Waals surface area contributed by atoms with Crippen molar-refractivity contribution in [1.29, 1.82) is 0 Å². The summed E-state index contributed by atoms with van der Waals surface area (Å²) in [5, 5.41) is 12.1. The van der Waals surface area contributed by atoms with E-state index in [-0.39, 0.29) is 17.0 Å². The summed E-state index contributed by atoms with van der Waals surface area (Å²) in [7, 11) is 0. The number of aromatic nitrogens is 3. The third-order valence-electron chi connectivity index (χ3n) is 5.14. The number of nitrogen functional groups attached to an aromatic ring is 1. The summed E-state index contributed by atoms with van der Waals surface area (Å²) in [6, 6.07) is 5.25. The van der Waals surface area contributed by atoms with Crippen LogP contribution in [0.3, 0.4) is 0 Å². The van der Waals surface area contributed by atoms with Gasteiger partial charge in [0.15, 0.2) is 17.7 Å². The van der Waals surface area contributed by atoms with Crippen LogP contribution in [0.1, 0.15) is 32.9 Å². The van der Waals surface area contributed by atoms with Crippen molar-refractivity contribution in [2.75, 3.05) is 11.1 Å². The molecule has 1 amide bonds. The highest BCUT2D eigenvalue weighted by Crippen LogP contribution is 2.34. The van der Waals surface area contributed by atoms with E-state index in [1.807, 2.05) is 5.32 Å². The molecule has 1 atom stereocenters. The molecular formula is C23H18F5N5O2. The Labute approximate surface area is 199 Å². The Morgan fingerprint density at radius 3 is 2.63 bits per heavy atom. The molecule has 182 valence electrons. The van der Waals surface area contributed by atoms with Gasteiger partial charge in [0.1, 0.15) is 22.9 Å². The minimum atomic E-state index is -4.73. The number of amides is 1. The summed E-state index contributed by atoms with van der Waals surface area (Å²) in [6.45, 7) is -1.20. The molecule has 2 aromatic carbocycles. The molecule has 4 N–H and O–H groups in total. The van der Waals surface area contributed by atoms with Crippen LogP contribution in [0.2, 0.25) is 0 Å². The Morgan fingerprint density at radius 2 is 1.94 bits per heavy atom. The van der Waals surface area contributed by atoms with Crippen molar-refractivity contribution < 1.29 is 36.0 Å². The molecule has 0 saturated carbocycles. The summed E-state index contributed by atoms with van der Waals surface area (Å²) >= 11 is 0. The molecule has 0 aliphatic carbocycles. The Kier molecular flexibility index (Phi) is 5.00. The first-order valence-electron chi connectivity index (χ1n) is 11.4. The number of benzene rings is 2. The third kappa shape index (κ3) is 4.39. The van der Waals surface area contributed by atoms with E-state index < -0.39 is 64.9 Å². The molecular weight excluding hydrogens is 473 g/mol. The molecule has 0 aliphatic heterocycles. The fraction of sp³-hybridized carbons (Fsp3) is 0.174. The predicted octanol–water partition coefficient (Wildman–Crippen LogP) is 4.56. The monoisotopic (exact) mass is 494 g/mol. The smallest absolute Gasteiger partial charge is 0.382 e. The Balaban J connectivity index is 1.71. The zero-order valence-electron chi connectivity index (χ0n) is 20.8. The lowest BCUT2D eigenvalue weighted by atomic mass is 10.0. The molecule has 1 unspecified atom stereocenters. The van der Waals surface area contributed by atoms with Gasteiger partial charge in [-0.1, -0.05) is 12.1 Å². The minimum Gasteiger partial charge on any atom is -0.382 e. The molecule has 4 rings (SSSR count). The number of alkyl halides is 3. The third-order valence-corrected chi connectivity index (χ3v) is 5.14. The van der Waals surface area contributed by atoms with Crippen LogP contribution in [-0.2, 0) is 11.0 Å². The largest absolute Gasteiger partial charge is 0.416 e. The van der Waals surface area contributed by atoms with Crippen LogP contribution in [0.25, 0.3) is 16.8 Å². The van der Waals surface area contributed by atoms with Gasteiger partial charge in [-0.05, 0) is 43.6 Å². The fourth-order valence-electron chi connectivity index (χ4n) is 3.52. The van der Waals surface area contributed by atoms with Crippen LogP contribution < -0.4 is 11.1 Å². The molecule has 0 aliphatic rings. The molecule has 0 spiro atoms. The second-order valence-electron chi connectivity index (χ2n) is 7.57. The van der Waals surface area contributed by atoms with Crippen molar-refractivity contribution >= 4 is 22.9 Å². The molecule has 0 saturated heterocycles. The van der Waals surface area contributed by atoms with Gasteiger partial charge in [0, 0.05) is 15.9 Å². The number of nitrogens with zero attached hydrogens (tertiary/aromatic N) is 3. The number of aryl methyl sites for hydroxylation is 2. The highest BCUT2D eigenvalue weighted by Gasteiger charge is 2.32. The number of fused-ring (bicyclic) bond motifs is 1. The van der Waals surface area contributed by atoms with Crippen LogP contribution in [0.15, 0.2) is 42.6 Å². The van der Waals surface area contributed by atoms with Crippen molar-refractivity contribution in [2.45, 2.75) is 26.1 Å². The number of carbonyl (C=O) groups excluding carboxylic acids is 1. The lowest BCUT2D eigenvalue weighted by Gasteiger charge is -2.15. The number of aliphatic hydroxyl groups is 1. The second kappa shape index (κ2) is 8.62. The number of nitrogens with two attached hydrogens (primary N) is 1. The average molecular weight is 494 g/mol. The Morgan fingerprint density at radius 1 is 1.20 bits per heavy atom. The first-order valence-corrected chi connectivity index (χ1v) is 9.89. The van der Waals surface area contributed by atoms with Gasteiger partial charge in [-0.3, -0.25) is 9.20 Å². The first kappa shape index (κ1) is 20.3. The highest BCUT2D eigenvalue weighted by molar-refractivity contribution is 5.95. The maximum Gasteiger partial charge on any atom is 0.416 e. The standard InChI is InChI=1S/C23H18F5N5O2/c1-10-9-33-11(2)31-18(19(33)21(29)30-10)14-6-7-15(17(25)16(14)24)32-22(35)20(34)12-4-3-5-13(8-12)23(26,27)28/h3-9,20,34H,1-2H3,(H2,29,30)(H,32,35)/i2D3. The van der Waals surface area contributed by atoms with E-state index in [2.05, 4.69) is 9.97 Å². The number of anilines is 2. The maximum atomic E-state index is 15.2. The summed E-state index contributed by atoms with van der Waals surface area (Å²) in [5.41, 5.74) is 3.10. The van der Waals surface area contributed by atoms with Crippen LogP contribution in [-0.4, -0.2) is 25.4 Å². The lowest BCUT2D eigenvalue weighted by molar-refractivity contribution is -0.138. The lowest BCUT2D eigenvalue weighted by Crippen LogP contribution is -2.22. The number of rotatable bonds is 4. The van der Waals surface area contributed by atoms with E-state index >= 15 is 4.39 Å². The van der Waals surface area contributed by atoms with E-state index in [4.69, 9.17) is 9.85 Å².